The first-order valence-electron chi connectivity index (χ1n) is 16.4. The van der Waals surface area contributed by atoms with Crippen LogP contribution in [-0.2, 0) is 33.9 Å². The van der Waals surface area contributed by atoms with E-state index in [1.165, 1.54) is 24.3 Å². The number of para-hydroxylation sites is 2. The smallest absolute Gasteiger partial charge is 0.716 e. The number of hydrogen-bond acceptors (Lipinski definition) is 12. The third kappa shape index (κ3) is 11.1. The van der Waals surface area contributed by atoms with E-state index in [1.807, 2.05) is 0 Å². The van der Waals surface area contributed by atoms with E-state index in [9.17, 15) is 35.5 Å². The molecule has 0 N–H and O–H groups in total. The van der Waals surface area contributed by atoms with Crippen LogP contribution in [0.25, 0.3) is 44.6 Å². The van der Waals surface area contributed by atoms with E-state index < -0.39 is 20.8 Å². The van der Waals surface area contributed by atoms with Crippen molar-refractivity contribution in [1.82, 2.24) is 19.1 Å². The van der Waals surface area contributed by atoms with Gasteiger partial charge in [0.05, 0.1) is 21.8 Å². The molecule has 2 aromatic heterocycles. The van der Waals surface area contributed by atoms with E-state index in [2.05, 4.69) is 8.37 Å². The van der Waals surface area contributed by atoms with Crippen molar-refractivity contribution in [2.45, 2.75) is 51.6 Å². The maximum Gasteiger partial charge on any atom is 1.00 e. The molecule has 0 aliphatic carbocycles. The number of fused-ring (bicyclic) bond motifs is 2. The second kappa shape index (κ2) is 18.9. The summed E-state index contributed by atoms with van der Waals surface area (Å²) in [6.45, 7) is 0.788. The van der Waals surface area contributed by atoms with Crippen LogP contribution in [-0.4, -0.2) is 45.0 Å². The maximum absolute atomic E-state index is 13.5. The minimum absolute atomic E-state index is 0. The van der Waals surface area contributed by atoms with E-state index in [1.54, 1.807) is 81.9 Å². The summed E-state index contributed by atoms with van der Waals surface area (Å²) in [6, 6.07) is 25.5. The Hall–Kier alpha value is -3.42. The average Bonchev–Trinajstić information content (AvgIpc) is 3.10. The molecule has 0 amide bonds. The second-order valence-corrected chi connectivity index (χ2v) is 13.9. The van der Waals surface area contributed by atoms with Gasteiger partial charge < -0.3 is 17.5 Å². The SMILES string of the molecule is O=c1c2ccccc2nc(-c2ccc(OS(=O)(=O)[O-])cc2)n1CCCCCCCCn1c(-c2ccc(OS(=O)(=O)[O-])cc2)nc2ccccc2c1=O.[Na+].[Na+]. The standard InChI is InChI=1S/C36H34N4O10S2.2Na/c41-35-29-11-5-7-13-31(29)37-33(25-15-19-27(20-16-25)49-51(43,44)45)39(35)23-9-3-1-2-4-10-24-40-34(38-32-14-8-6-12-30(32)36(40)42)26-17-21-28(22-18-26)50-52(46,47)48;;/h5-8,11-22H,1-4,9-10,23-24H2,(H,43,44,45)(H,46,47,48);;/q;2*+1/p-2. The monoisotopic (exact) mass is 790 g/mol. The fourth-order valence-electron chi connectivity index (χ4n) is 5.99. The van der Waals surface area contributed by atoms with E-state index in [4.69, 9.17) is 9.97 Å². The summed E-state index contributed by atoms with van der Waals surface area (Å²) in [6.07, 6.45) is 4.78. The van der Waals surface area contributed by atoms with Crippen molar-refractivity contribution < 1.29 is 93.4 Å². The molecule has 14 nitrogen and oxygen atoms in total. The van der Waals surface area contributed by atoms with Gasteiger partial charge in [-0.05, 0) is 85.6 Å². The molecule has 6 rings (SSSR count). The Kier molecular flexibility index (Phi) is 15.2. The second-order valence-electron chi connectivity index (χ2n) is 12.0. The van der Waals surface area contributed by atoms with Gasteiger partial charge in [-0.15, -0.1) is 0 Å². The zero-order valence-corrected chi connectivity index (χ0v) is 35.2. The van der Waals surface area contributed by atoms with Crippen molar-refractivity contribution in [3.8, 4) is 34.3 Å². The first kappa shape index (κ1) is 43.3. The topological polar surface area (TPSA) is 203 Å². The molecule has 0 saturated heterocycles. The molecule has 54 heavy (non-hydrogen) atoms. The molecule has 0 unspecified atom stereocenters. The maximum atomic E-state index is 13.5. The largest absolute Gasteiger partial charge is 1.00 e. The number of benzene rings is 4. The van der Waals surface area contributed by atoms with Crippen LogP contribution in [0.5, 0.6) is 11.5 Å². The van der Waals surface area contributed by atoms with Gasteiger partial charge in [-0.3, -0.25) is 18.7 Å². The molecular weight excluding hydrogens is 759 g/mol. The summed E-state index contributed by atoms with van der Waals surface area (Å²) in [5.74, 6) is 0.518. The first-order chi connectivity index (χ1) is 24.9. The fraction of sp³-hybridized carbons (Fsp3) is 0.222. The van der Waals surface area contributed by atoms with Gasteiger partial charge in [0.15, 0.2) is 0 Å². The van der Waals surface area contributed by atoms with Crippen LogP contribution in [0.4, 0.5) is 0 Å². The summed E-state index contributed by atoms with van der Waals surface area (Å²) in [5, 5.41) is 0.947. The number of nitrogens with zero attached hydrogens (tertiary/aromatic N) is 4. The third-order valence-electron chi connectivity index (χ3n) is 8.36. The van der Waals surface area contributed by atoms with E-state index in [-0.39, 0.29) is 81.7 Å². The van der Waals surface area contributed by atoms with Crippen molar-refractivity contribution in [2.24, 2.45) is 0 Å². The fourth-order valence-corrected chi connectivity index (χ4v) is 6.69. The number of hydrogen-bond donors (Lipinski definition) is 0. The summed E-state index contributed by atoms with van der Waals surface area (Å²) in [4.78, 5) is 36.5. The first-order valence-corrected chi connectivity index (χ1v) is 19.0. The molecule has 6 aromatic rings. The Morgan fingerprint density at radius 2 is 0.833 bits per heavy atom. The predicted molar refractivity (Wildman–Crippen MR) is 191 cm³/mol. The van der Waals surface area contributed by atoms with Crippen LogP contribution in [0, 0.1) is 0 Å². The van der Waals surface area contributed by atoms with Crippen LogP contribution in [0.15, 0.2) is 107 Å². The Labute approximate surface area is 355 Å². The molecule has 0 spiro atoms. The van der Waals surface area contributed by atoms with Gasteiger partial charge in [0, 0.05) is 24.2 Å². The minimum atomic E-state index is -4.93. The number of aromatic nitrogens is 4. The summed E-state index contributed by atoms with van der Waals surface area (Å²) >= 11 is 0. The van der Waals surface area contributed by atoms with Gasteiger partial charge in [0.1, 0.15) is 23.1 Å². The van der Waals surface area contributed by atoms with Crippen LogP contribution >= 0.6 is 0 Å². The quantitative estimate of drug-likeness (QED) is 0.0542. The molecule has 0 atom stereocenters. The van der Waals surface area contributed by atoms with E-state index in [0.29, 0.717) is 70.5 Å². The molecule has 4 aromatic carbocycles. The summed E-state index contributed by atoms with van der Waals surface area (Å²) in [7, 11) is -9.86. The molecule has 0 fully saturated rings. The average molecular weight is 791 g/mol. The van der Waals surface area contributed by atoms with Gasteiger partial charge in [-0.25, -0.2) is 26.8 Å². The van der Waals surface area contributed by atoms with Crippen LogP contribution in [0.2, 0.25) is 0 Å². The van der Waals surface area contributed by atoms with Gasteiger partial charge >= 0.3 is 59.1 Å². The zero-order valence-electron chi connectivity index (χ0n) is 29.6. The molecule has 0 bridgehead atoms. The van der Waals surface area contributed by atoms with Crippen molar-refractivity contribution in [2.75, 3.05) is 0 Å². The predicted octanol–water partition coefficient (Wildman–Crippen LogP) is -0.833. The molecule has 0 aliphatic rings. The molecule has 0 radical (unpaired) electrons. The Balaban J connectivity index is 0.00000325. The van der Waals surface area contributed by atoms with Crippen molar-refractivity contribution in [3.05, 3.63) is 118 Å². The van der Waals surface area contributed by atoms with Crippen molar-refractivity contribution in [3.63, 3.8) is 0 Å². The summed E-state index contributed by atoms with van der Waals surface area (Å²) in [5.41, 5.74) is 1.74. The molecule has 270 valence electrons. The molecule has 2 heterocycles. The molecular formula is C36H32N4Na2O10S2. The van der Waals surface area contributed by atoms with Crippen molar-refractivity contribution in [1.29, 1.82) is 0 Å². The van der Waals surface area contributed by atoms with Gasteiger partial charge in [0.2, 0.25) is 0 Å². The van der Waals surface area contributed by atoms with Gasteiger partial charge in [-0.2, -0.15) is 0 Å². The van der Waals surface area contributed by atoms with Gasteiger partial charge in [-0.1, -0.05) is 49.9 Å². The molecule has 18 heteroatoms. The Morgan fingerprint density at radius 3 is 1.19 bits per heavy atom. The molecule has 0 aliphatic heterocycles. The Bertz CT molecular complexity index is 2400. The third-order valence-corrected chi connectivity index (χ3v) is 9.15. The Morgan fingerprint density at radius 1 is 0.500 bits per heavy atom. The van der Waals surface area contributed by atoms with E-state index >= 15 is 0 Å². The summed E-state index contributed by atoms with van der Waals surface area (Å²) < 4.78 is 77.9. The van der Waals surface area contributed by atoms with Crippen LogP contribution < -0.4 is 78.6 Å². The number of unbranched alkanes of at least 4 members (excludes halogenated alkanes) is 5. The van der Waals surface area contributed by atoms with Gasteiger partial charge in [0.25, 0.3) is 31.9 Å². The van der Waals surface area contributed by atoms with E-state index in [0.717, 1.165) is 25.7 Å². The number of rotatable bonds is 15. The minimum Gasteiger partial charge on any atom is -0.716 e. The molecule has 0 saturated carbocycles. The normalized spacial score (nSPS) is 11.5. The van der Waals surface area contributed by atoms with Crippen LogP contribution in [0.3, 0.4) is 0 Å². The zero-order chi connectivity index (χ0) is 36.9. The van der Waals surface area contributed by atoms with Crippen molar-refractivity contribution >= 4 is 42.6 Å². The van der Waals surface area contributed by atoms with Crippen LogP contribution in [0.1, 0.15) is 38.5 Å².